The van der Waals surface area contributed by atoms with E-state index in [0.29, 0.717) is 11.1 Å². The van der Waals surface area contributed by atoms with Crippen LogP contribution in [0.3, 0.4) is 0 Å². The third-order valence-electron chi connectivity index (χ3n) is 6.62. The minimum Gasteiger partial charge on any atom is -0.507 e. The summed E-state index contributed by atoms with van der Waals surface area (Å²) in [5, 5.41) is 40.1. The fraction of sp³-hybridized carbons (Fsp3) is 0.118. The number of carbonyl (C=O) groups is 4. The van der Waals surface area contributed by atoms with Crippen LogP contribution >= 0.6 is 0 Å². The molecule has 0 fully saturated rings. The van der Waals surface area contributed by atoms with Gasteiger partial charge in [0.25, 0.3) is 0 Å². The van der Waals surface area contributed by atoms with E-state index in [0.717, 1.165) is 0 Å². The smallest absolute Gasteiger partial charge is 0.332 e. The number of ketones is 2. The van der Waals surface area contributed by atoms with Gasteiger partial charge in [-0.1, -0.05) is 60.7 Å². The highest BCUT2D eigenvalue weighted by molar-refractivity contribution is 6.11. The molecule has 0 bridgehead atoms. The first-order chi connectivity index (χ1) is 21.2. The number of hydrogen-bond acceptors (Lipinski definition) is 8. The topological polar surface area (TPSA) is 168 Å². The van der Waals surface area contributed by atoms with E-state index in [1.165, 1.54) is 36.4 Å². The molecule has 10 heteroatoms. The molecule has 0 aliphatic carbocycles. The molecule has 0 saturated carbocycles. The van der Waals surface area contributed by atoms with Gasteiger partial charge in [-0.05, 0) is 24.3 Å². The second-order valence-corrected chi connectivity index (χ2v) is 9.51. The van der Waals surface area contributed by atoms with E-state index in [4.69, 9.17) is 9.47 Å². The average Bonchev–Trinajstić information content (AvgIpc) is 3.02. The van der Waals surface area contributed by atoms with Crippen molar-refractivity contribution < 1.29 is 49.1 Å². The molecule has 4 rings (SSSR count). The highest BCUT2D eigenvalue weighted by Crippen LogP contribution is 2.28. The summed E-state index contributed by atoms with van der Waals surface area (Å²) in [7, 11) is 0. The van der Waals surface area contributed by atoms with E-state index in [1.54, 1.807) is 60.7 Å². The van der Waals surface area contributed by atoms with Crippen LogP contribution in [0, 0.1) is 0 Å². The number of carbonyl (C=O) groups excluding carboxylic acids is 2. The zero-order chi connectivity index (χ0) is 31.6. The van der Waals surface area contributed by atoms with Crippen LogP contribution in [0.15, 0.2) is 108 Å². The van der Waals surface area contributed by atoms with Crippen molar-refractivity contribution in [3.05, 3.63) is 130 Å². The van der Waals surface area contributed by atoms with Crippen LogP contribution in [0.1, 0.15) is 44.7 Å². The van der Waals surface area contributed by atoms with Crippen LogP contribution in [0.25, 0.3) is 0 Å². The van der Waals surface area contributed by atoms with Crippen molar-refractivity contribution in [2.24, 2.45) is 0 Å². The molecule has 0 aliphatic heterocycles. The van der Waals surface area contributed by atoms with Crippen LogP contribution in [-0.2, 0) is 9.59 Å². The van der Waals surface area contributed by atoms with Gasteiger partial charge in [-0.2, -0.15) is 0 Å². The van der Waals surface area contributed by atoms with Gasteiger partial charge < -0.3 is 29.9 Å². The third-order valence-corrected chi connectivity index (χ3v) is 6.62. The quantitative estimate of drug-likeness (QED) is 0.111. The molecule has 224 valence electrons. The van der Waals surface area contributed by atoms with E-state index in [-0.39, 0.29) is 71.7 Å². The van der Waals surface area contributed by atoms with Gasteiger partial charge >= 0.3 is 11.9 Å². The summed E-state index contributed by atoms with van der Waals surface area (Å²) < 4.78 is 11.1. The Morgan fingerprint density at radius 3 is 1.20 bits per heavy atom. The Labute approximate surface area is 252 Å². The Morgan fingerprint density at radius 1 is 0.523 bits per heavy atom. The van der Waals surface area contributed by atoms with E-state index in [1.807, 2.05) is 0 Å². The number of benzene rings is 4. The lowest BCUT2D eigenvalue weighted by molar-refractivity contribution is -0.136. The SMILES string of the molecule is O=C(O)C(CCOc1ccc(C(=O)c2ccccc2)c(O)c1)=C(CCOc1ccc(C(=O)c2ccccc2)c(O)c1)C(=O)O. The lowest BCUT2D eigenvalue weighted by Crippen LogP contribution is -2.16. The lowest BCUT2D eigenvalue weighted by Gasteiger charge is -2.13. The van der Waals surface area contributed by atoms with Gasteiger partial charge in [0, 0.05) is 36.1 Å². The second-order valence-electron chi connectivity index (χ2n) is 9.51. The van der Waals surface area contributed by atoms with Gasteiger partial charge in [0.15, 0.2) is 11.6 Å². The standard InChI is InChI=1S/C34H28O10/c35-29-19-23(11-13-27(29)31(37)21-7-3-1-4-8-21)43-17-15-25(33(39)40)26(34(41)42)16-18-44-24-12-14-28(30(36)20-24)32(38)22-9-5-2-6-10-22/h1-14,19-20,35-36H,15-18H2,(H,39,40)(H,41,42). The average molecular weight is 597 g/mol. The zero-order valence-corrected chi connectivity index (χ0v) is 23.3. The molecular weight excluding hydrogens is 568 g/mol. The molecule has 0 atom stereocenters. The van der Waals surface area contributed by atoms with Crippen molar-refractivity contribution in [3.63, 3.8) is 0 Å². The van der Waals surface area contributed by atoms with Crippen LogP contribution < -0.4 is 9.47 Å². The molecular formula is C34H28O10. The molecule has 10 nitrogen and oxygen atoms in total. The minimum absolute atomic E-state index is 0.0635. The summed E-state index contributed by atoms with van der Waals surface area (Å²) in [4.78, 5) is 49.1. The molecule has 0 aliphatic rings. The first-order valence-corrected chi connectivity index (χ1v) is 13.5. The number of carboxylic acid groups (broad SMARTS) is 2. The first kappa shape index (κ1) is 31.0. The van der Waals surface area contributed by atoms with Crippen LogP contribution in [-0.4, -0.2) is 57.1 Å². The maximum Gasteiger partial charge on any atom is 0.332 e. The van der Waals surface area contributed by atoms with Crippen molar-refractivity contribution in [1.29, 1.82) is 0 Å². The van der Waals surface area contributed by atoms with E-state index < -0.39 is 23.1 Å². The van der Waals surface area contributed by atoms with Gasteiger partial charge in [0.1, 0.15) is 23.0 Å². The lowest BCUT2D eigenvalue weighted by atomic mass is 10.0. The van der Waals surface area contributed by atoms with Crippen molar-refractivity contribution >= 4 is 23.5 Å². The minimum atomic E-state index is -1.45. The molecule has 0 aromatic heterocycles. The first-order valence-electron chi connectivity index (χ1n) is 13.5. The maximum absolute atomic E-state index is 12.6. The number of rotatable bonds is 14. The normalized spacial score (nSPS) is 11.3. The summed E-state index contributed by atoms with van der Waals surface area (Å²) in [5.41, 5.74) is 0.123. The van der Waals surface area contributed by atoms with Crippen LogP contribution in [0.4, 0.5) is 0 Å². The predicted molar refractivity (Wildman–Crippen MR) is 158 cm³/mol. The number of carboxylic acids is 2. The monoisotopic (exact) mass is 596 g/mol. The Hall–Kier alpha value is -5.90. The highest BCUT2D eigenvalue weighted by Gasteiger charge is 2.21. The molecule has 44 heavy (non-hydrogen) atoms. The molecule has 4 N–H and O–H groups in total. The molecule has 4 aromatic rings. The van der Waals surface area contributed by atoms with Gasteiger partial charge in [0.05, 0.1) is 35.5 Å². The van der Waals surface area contributed by atoms with Gasteiger partial charge in [-0.25, -0.2) is 9.59 Å². The fourth-order valence-corrected chi connectivity index (χ4v) is 4.39. The maximum atomic E-state index is 12.6. The van der Waals surface area contributed by atoms with Crippen molar-refractivity contribution in [1.82, 2.24) is 0 Å². The zero-order valence-electron chi connectivity index (χ0n) is 23.3. The molecule has 0 spiro atoms. The number of aliphatic carboxylic acids is 2. The summed E-state index contributed by atoms with van der Waals surface area (Å²) >= 11 is 0. The Kier molecular flexibility index (Phi) is 10.1. The number of phenolic OH excluding ortho intramolecular Hbond substituents is 2. The number of ether oxygens (including phenoxy) is 2. The highest BCUT2D eigenvalue weighted by atomic mass is 16.5. The van der Waals surface area contributed by atoms with Crippen LogP contribution in [0.5, 0.6) is 23.0 Å². The Morgan fingerprint density at radius 2 is 0.886 bits per heavy atom. The summed E-state index contributed by atoms with van der Waals surface area (Å²) in [6.45, 7) is -0.453. The Balaban J connectivity index is 1.38. The molecule has 4 aromatic carbocycles. The molecule has 0 amide bonds. The van der Waals surface area contributed by atoms with Gasteiger partial charge in [-0.15, -0.1) is 0 Å². The Bertz CT molecular complexity index is 1580. The molecule has 0 unspecified atom stereocenters. The van der Waals surface area contributed by atoms with Crippen molar-refractivity contribution in [3.8, 4) is 23.0 Å². The van der Waals surface area contributed by atoms with E-state index in [2.05, 4.69) is 0 Å². The molecule has 0 heterocycles. The summed E-state index contributed by atoms with van der Waals surface area (Å²) in [6, 6.07) is 24.9. The number of hydrogen-bond donors (Lipinski definition) is 4. The third kappa shape index (κ3) is 7.68. The molecule has 0 radical (unpaired) electrons. The summed E-state index contributed by atoms with van der Waals surface area (Å²) in [6.07, 6.45) is -0.557. The van der Waals surface area contributed by atoms with E-state index >= 15 is 0 Å². The van der Waals surface area contributed by atoms with Crippen molar-refractivity contribution in [2.45, 2.75) is 12.8 Å². The largest absolute Gasteiger partial charge is 0.507 e. The van der Waals surface area contributed by atoms with E-state index in [9.17, 15) is 39.6 Å². The van der Waals surface area contributed by atoms with Crippen LogP contribution in [0.2, 0.25) is 0 Å². The number of aromatic hydroxyl groups is 2. The van der Waals surface area contributed by atoms with Gasteiger partial charge in [-0.3, -0.25) is 9.59 Å². The summed E-state index contributed by atoms with van der Waals surface area (Å²) in [5.74, 6) is -3.98. The van der Waals surface area contributed by atoms with Crippen molar-refractivity contribution in [2.75, 3.05) is 13.2 Å². The number of phenols is 2. The molecule has 0 saturated heterocycles. The second kappa shape index (κ2) is 14.3. The van der Waals surface area contributed by atoms with Gasteiger partial charge in [0.2, 0.25) is 0 Å². The predicted octanol–water partition coefficient (Wildman–Crippen LogP) is 5.26. The fourth-order valence-electron chi connectivity index (χ4n) is 4.39.